The van der Waals surface area contributed by atoms with Crippen molar-refractivity contribution in [2.45, 2.75) is 25.7 Å². The van der Waals surface area contributed by atoms with E-state index < -0.39 is 0 Å². The molecule has 0 bridgehead atoms. The molecule has 180 valence electrons. The highest BCUT2D eigenvalue weighted by molar-refractivity contribution is 5.97. The van der Waals surface area contributed by atoms with E-state index >= 15 is 0 Å². The molecule has 4 rings (SSSR count). The van der Waals surface area contributed by atoms with Gasteiger partial charge in [-0.15, -0.1) is 0 Å². The number of hydrogen-bond acceptors (Lipinski definition) is 5. The number of amides is 2. The average Bonchev–Trinajstić information content (AvgIpc) is 2.86. The second kappa shape index (κ2) is 11.2. The van der Waals surface area contributed by atoms with Gasteiger partial charge in [-0.2, -0.15) is 0 Å². The van der Waals surface area contributed by atoms with E-state index in [1.807, 2.05) is 48.5 Å². The van der Waals surface area contributed by atoms with Crippen molar-refractivity contribution in [2.24, 2.45) is 5.41 Å². The predicted molar refractivity (Wildman–Crippen MR) is 132 cm³/mol. The van der Waals surface area contributed by atoms with Crippen molar-refractivity contribution >= 4 is 17.5 Å². The summed E-state index contributed by atoms with van der Waals surface area (Å²) >= 11 is 0. The van der Waals surface area contributed by atoms with Gasteiger partial charge < -0.3 is 20.1 Å². The van der Waals surface area contributed by atoms with Crippen LogP contribution in [0.4, 0.5) is 5.69 Å². The van der Waals surface area contributed by atoms with Crippen LogP contribution in [0, 0.1) is 5.41 Å². The van der Waals surface area contributed by atoms with Gasteiger partial charge in [0, 0.05) is 12.2 Å². The number of hydrogen-bond donors (Lipinski definition) is 2. The number of carbonyl (C=O) groups excluding carboxylic acids is 2. The Hall–Kier alpha value is -3.32. The lowest BCUT2D eigenvalue weighted by Crippen LogP contribution is -2.47. The van der Waals surface area contributed by atoms with Gasteiger partial charge in [0.1, 0.15) is 11.5 Å². The number of rotatable bonds is 4. The molecule has 0 saturated carbocycles. The van der Waals surface area contributed by atoms with Crippen LogP contribution in [-0.2, 0) is 4.79 Å². The fraction of sp³-hybridized carbons (Fsp3) is 0.407. The number of allylic oxidation sites excluding steroid dienone is 1. The molecule has 2 aliphatic rings. The summed E-state index contributed by atoms with van der Waals surface area (Å²) in [7, 11) is 1.62. The lowest BCUT2D eigenvalue weighted by Gasteiger charge is -2.41. The monoisotopic (exact) mass is 463 g/mol. The highest BCUT2D eigenvalue weighted by Crippen LogP contribution is 2.35. The number of fused-ring (bicyclic) bond motifs is 1. The Morgan fingerprint density at radius 3 is 2.65 bits per heavy atom. The Morgan fingerprint density at radius 2 is 1.88 bits per heavy atom. The molecule has 0 aromatic heterocycles. The number of benzene rings is 2. The van der Waals surface area contributed by atoms with E-state index in [9.17, 15) is 9.59 Å². The molecule has 7 heteroatoms. The van der Waals surface area contributed by atoms with Crippen LogP contribution < -0.4 is 20.1 Å². The predicted octanol–water partition coefficient (Wildman–Crippen LogP) is 3.87. The maximum absolute atomic E-state index is 12.9. The number of nitrogens with one attached hydrogen (secondary N) is 2. The number of ether oxygens (including phenoxy) is 2. The van der Waals surface area contributed by atoms with E-state index in [4.69, 9.17) is 9.47 Å². The third-order valence-electron chi connectivity index (χ3n) is 6.67. The third-order valence-corrected chi connectivity index (χ3v) is 6.67. The summed E-state index contributed by atoms with van der Waals surface area (Å²) in [6, 6.07) is 14.7. The van der Waals surface area contributed by atoms with Crippen LogP contribution in [0.15, 0.2) is 60.7 Å². The Balaban J connectivity index is 1.34. The molecule has 2 aliphatic heterocycles. The zero-order chi connectivity index (χ0) is 23.8. The average molecular weight is 464 g/mol. The van der Waals surface area contributed by atoms with Gasteiger partial charge in [-0.3, -0.25) is 14.5 Å². The molecular weight excluding hydrogens is 430 g/mol. The largest absolute Gasteiger partial charge is 0.497 e. The molecule has 1 spiro atoms. The molecule has 2 amide bonds. The van der Waals surface area contributed by atoms with Crippen molar-refractivity contribution in [3.8, 4) is 11.5 Å². The van der Waals surface area contributed by atoms with E-state index in [1.165, 1.54) is 0 Å². The highest BCUT2D eigenvalue weighted by atomic mass is 16.5. The van der Waals surface area contributed by atoms with Crippen LogP contribution in [0.3, 0.4) is 0 Å². The zero-order valence-corrected chi connectivity index (χ0v) is 19.7. The lowest BCUT2D eigenvalue weighted by atomic mass is 9.75. The normalized spacial score (nSPS) is 19.5. The number of para-hydroxylation sites is 1. The molecule has 2 N–H and O–H groups in total. The first-order chi connectivity index (χ1) is 16.6. The maximum atomic E-state index is 12.9. The van der Waals surface area contributed by atoms with Gasteiger partial charge in [-0.25, -0.2) is 0 Å². The molecule has 2 aromatic carbocycles. The van der Waals surface area contributed by atoms with Crippen LogP contribution in [-0.4, -0.2) is 56.6 Å². The lowest BCUT2D eigenvalue weighted by molar-refractivity contribution is -0.117. The van der Waals surface area contributed by atoms with Gasteiger partial charge in [0.25, 0.3) is 5.91 Å². The molecular formula is C27H33N3O4. The second-order valence-electron chi connectivity index (χ2n) is 9.04. The van der Waals surface area contributed by atoms with Crippen molar-refractivity contribution in [3.63, 3.8) is 0 Å². The van der Waals surface area contributed by atoms with Crippen LogP contribution in [0.25, 0.3) is 0 Å². The fourth-order valence-electron chi connectivity index (χ4n) is 4.55. The quantitative estimate of drug-likeness (QED) is 0.673. The number of likely N-dealkylation sites (tertiary alicyclic amines) is 1. The second-order valence-corrected chi connectivity index (χ2v) is 9.04. The number of anilines is 1. The first-order valence-corrected chi connectivity index (χ1v) is 11.9. The summed E-state index contributed by atoms with van der Waals surface area (Å²) in [5.74, 6) is 1.26. The van der Waals surface area contributed by atoms with Gasteiger partial charge in [0.05, 0.1) is 25.8 Å². The van der Waals surface area contributed by atoms with E-state index in [0.29, 0.717) is 31.0 Å². The molecule has 34 heavy (non-hydrogen) atoms. The fourth-order valence-corrected chi connectivity index (χ4v) is 4.55. The van der Waals surface area contributed by atoms with Crippen LogP contribution >= 0.6 is 0 Å². The molecule has 1 saturated heterocycles. The number of piperidine rings is 1. The van der Waals surface area contributed by atoms with Crippen molar-refractivity contribution in [1.29, 1.82) is 0 Å². The minimum atomic E-state index is -0.0965. The Kier molecular flexibility index (Phi) is 7.85. The van der Waals surface area contributed by atoms with Gasteiger partial charge >= 0.3 is 0 Å². The Bertz CT molecular complexity index is 1010. The van der Waals surface area contributed by atoms with Crippen LogP contribution in [0.1, 0.15) is 36.0 Å². The molecule has 0 unspecified atom stereocenters. The standard InChI is InChI=1S/C27H33N3O4/c1-33-22-11-9-21(10-12-22)29-25(31)19-30-16-14-27(15-17-30)13-5-2-6-18-34-24-8-4-3-7-23(24)26(32)28-20-27/h2-5,7-12H,6,13-20H2,1H3,(H,28,32)(H,29,31)/b5-2+. The van der Waals surface area contributed by atoms with Crippen molar-refractivity contribution < 1.29 is 19.1 Å². The summed E-state index contributed by atoms with van der Waals surface area (Å²) in [6.45, 7) is 3.15. The molecule has 0 radical (unpaired) electrons. The van der Waals surface area contributed by atoms with E-state index in [1.54, 1.807) is 7.11 Å². The van der Waals surface area contributed by atoms with Gasteiger partial charge in [0.2, 0.25) is 5.91 Å². The smallest absolute Gasteiger partial charge is 0.255 e. The summed E-state index contributed by atoms with van der Waals surface area (Å²) < 4.78 is 11.0. The molecule has 0 aliphatic carbocycles. The molecule has 1 fully saturated rings. The summed E-state index contributed by atoms with van der Waals surface area (Å²) in [5, 5.41) is 6.11. The highest BCUT2D eigenvalue weighted by Gasteiger charge is 2.34. The Labute approximate surface area is 201 Å². The molecule has 2 heterocycles. The van der Waals surface area contributed by atoms with Crippen LogP contribution in [0.5, 0.6) is 11.5 Å². The maximum Gasteiger partial charge on any atom is 0.255 e. The minimum Gasteiger partial charge on any atom is -0.497 e. The number of methoxy groups -OCH3 is 1. The topological polar surface area (TPSA) is 79.9 Å². The van der Waals surface area contributed by atoms with Crippen molar-refractivity contribution in [3.05, 3.63) is 66.2 Å². The number of nitrogens with zero attached hydrogens (tertiary/aromatic N) is 1. The summed E-state index contributed by atoms with van der Waals surface area (Å²) in [4.78, 5) is 27.6. The van der Waals surface area contributed by atoms with Crippen molar-refractivity contribution in [1.82, 2.24) is 10.2 Å². The zero-order valence-electron chi connectivity index (χ0n) is 19.7. The number of carbonyl (C=O) groups is 2. The van der Waals surface area contributed by atoms with Gasteiger partial charge in [-0.05, 0) is 80.6 Å². The van der Waals surface area contributed by atoms with Gasteiger partial charge in [-0.1, -0.05) is 24.3 Å². The van der Waals surface area contributed by atoms with E-state index in [-0.39, 0.29) is 17.2 Å². The van der Waals surface area contributed by atoms with Gasteiger partial charge in [0.15, 0.2) is 0 Å². The Morgan fingerprint density at radius 1 is 1.12 bits per heavy atom. The molecule has 7 nitrogen and oxygen atoms in total. The summed E-state index contributed by atoms with van der Waals surface area (Å²) in [6.07, 6.45) is 7.94. The van der Waals surface area contributed by atoms with E-state index in [2.05, 4.69) is 27.7 Å². The molecule has 2 aromatic rings. The third kappa shape index (κ3) is 6.17. The SMILES string of the molecule is COc1ccc(NC(=O)CN2CCC3(C/C=C/CCOc4ccccc4C(=O)NC3)CC2)cc1. The first-order valence-electron chi connectivity index (χ1n) is 11.9. The van der Waals surface area contributed by atoms with E-state index in [0.717, 1.165) is 50.2 Å². The van der Waals surface area contributed by atoms with Crippen LogP contribution in [0.2, 0.25) is 0 Å². The molecule has 0 atom stereocenters. The minimum absolute atomic E-state index is 0.00980. The van der Waals surface area contributed by atoms with Crippen molar-refractivity contribution in [2.75, 3.05) is 45.2 Å². The summed E-state index contributed by atoms with van der Waals surface area (Å²) in [5.41, 5.74) is 1.33. The first kappa shape index (κ1) is 23.8.